The third-order valence-electron chi connectivity index (χ3n) is 4.58. The molecule has 23 heavy (non-hydrogen) atoms. The van der Waals surface area contributed by atoms with E-state index in [1.54, 1.807) is 11.8 Å². The number of urea groups is 1. The van der Waals surface area contributed by atoms with Gasteiger partial charge in [-0.05, 0) is 38.5 Å². The molecule has 1 heterocycles. The number of hydrogen-bond donors (Lipinski definition) is 2. The highest BCUT2D eigenvalue weighted by atomic mass is 32.2. The Morgan fingerprint density at radius 1 is 1.30 bits per heavy atom. The fourth-order valence-corrected chi connectivity index (χ4v) is 3.88. The van der Waals surface area contributed by atoms with E-state index in [0.717, 1.165) is 0 Å². The van der Waals surface area contributed by atoms with Crippen LogP contribution in [-0.2, 0) is 14.8 Å². The zero-order valence-corrected chi connectivity index (χ0v) is 14.9. The first kappa shape index (κ1) is 18.0. The number of rotatable bonds is 5. The Morgan fingerprint density at radius 2 is 1.96 bits per heavy atom. The molecule has 1 saturated carbocycles. The van der Waals surface area contributed by atoms with Gasteiger partial charge in [0.25, 0.3) is 0 Å². The van der Waals surface area contributed by atoms with Crippen molar-refractivity contribution in [3.63, 3.8) is 0 Å². The fraction of sp³-hybridized carbons (Fsp3) is 0.867. The van der Waals surface area contributed by atoms with Crippen molar-refractivity contribution in [1.29, 1.82) is 0 Å². The normalized spacial score (nSPS) is 23.5. The Balaban J connectivity index is 1.90. The summed E-state index contributed by atoms with van der Waals surface area (Å²) >= 11 is 0. The van der Waals surface area contributed by atoms with Crippen molar-refractivity contribution in [3.05, 3.63) is 0 Å². The fourth-order valence-electron chi connectivity index (χ4n) is 2.56. The molecule has 1 unspecified atom stereocenters. The lowest BCUT2D eigenvalue weighted by Gasteiger charge is -2.32. The van der Waals surface area contributed by atoms with Crippen LogP contribution in [0, 0.1) is 11.8 Å². The van der Waals surface area contributed by atoms with Crippen molar-refractivity contribution in [2.24, 2.45) is 11.8 Å². The standard InChI is InChI=1S/C15H27N3O4S/c1-11(2)9-16-14(20)18-8-4-5-12(10-18)13(19)17-23(21,22)15(3)6-7-15/h11-12H,4-10H2,1-3H3,(H,16,20)(H,17,19). The van der Waals surface area contributed by atoms with Gasteiger partial charge in [0.15, 0.2) is 0 Å². The van der Waals surface area contributed by atoms with Crippen molar-refractivity contribution in [1.82, 2.24) is 14.9 Å². The van der Waals surface area contributed by atoms with Gasteiger partial charge < -0.3 is 10.2 Å². The number of likely N-dealkylation sites (tertiary alicyclic amines) is 1. The molecule has 0 aromatic rings. The summed E-state index contributed by atoms with van der Waals surface area (Å²) in [5, 5.41) is 2.83. The van der Waals surface area contributed by atoms with E-state index in [4.69, 9.17) is 0 Å². The van der Waals surface area contributed by atoms with Gasteiger partial charge in [0.05, 0.1) is 10.7 Å². The Hall–Kier alpha value is -1.31. The first-order valence-electron chi connectivity index (χ1n) is 8.23. The minimum Gasteiger partial charge on any atom is -0.338 e. The zero-order valence-electron chi connectivity index (χ0n) is 14.1. The number of carbonyl (C=O) groups is 2. The molecule has 1 saturated heterocycles. The van der Waals surface area contributed by atoms with E-state index in [2.05, 4.69) is 10.0 Å². The summed E-state index contributed by atoms with van der Waals surface area (Å²) in [6.07, 6.45) is 2.48. The number of piperidine rings is 1. The highest BCUT2D eigenvalue weighted by Crippen LogP contribution is 2.42. The van der Waals surface area contributed by atoms with Gasteiger partial charge in [-0.3, -0.25) is 9.52 Å². The molecule has 7 nitrogen and oxygen atoms in total. The molecule has 0 bridgehead atoms. The smallest absolute Gasteiger partial charge is 0.317 e. The number of sulfonamides is 1. The number of carbonyl (C=O) groups excluding carboxylic acids is 2. The molecule has 0 spiro atoms. The van der Waals surface area contributed by atoms with Crippen LogP contribution in [0.4, 0.5) is 4.79 Å². The highest BCUT2D eigenvalue weighted by Gasteiger charge is 2.51. The monoisotopic (exact) mass is 345 g/mol. The molecule has 0 aromatic heterocycles. The van der Waals surface area contributed by atoms with E-state index in [0.29, 0.717) is 44.7 Å². The van der Waals surface area contributed by atoms with E-state index in [1.807, 2.05) is 13.8 Å². The van der Waals surface area contributed by atoms with Gasteiger partial charge in [-0.25, -0.2) is 13.2 Å². The summed E-state index contributed by atoms with van der Waals surface area (Å²) < 4.78 is 25.7. The topological polar surface area (TPSA) is 95.6 Å². The third-order valence-corrected chi connectivity index (χ3v) is 6.75. The van der Waals surface area contributed by atoms with Gasteiger partial charge in [-0.1, -0.05) is 13.8 Å². The average molecular weight is 345 g/mol. The van der Waals surface area contributed by atoms with Crippen LogP contribution in [-0.4, -0.2) is 49.6 Å². The molecule has 2 fully saturated rings. The zero-order chi connectivity index (χ0) is 17.3. The largest absolute Gasteiger partial charge is 0.338 e. The van der Waals surface area contributed by atoms with E-state index in [9.17, 15) is 18.0 Å². The molecule has 3 amide bonds. The summed E-state index contributed by atoms with van der Waals surface area (Å²) in [4.78, 5) is 26.0. The number of nitrogens with zero attached hydrogens (tertiary/aromatic N) is 1. The summed E-state index contributed by atoms with van der Waals surface area (Å²) in [7, 11) is -3.61. The van der Waals surface area contributed by atoms with E-state index in [1.165, 1.54) is 0 Å². The number of nitrogens with one attached hydrogen (secondary N) is 2. The molecule has 1 aliphatic carbocycles. The number of hydrogen-bond acceptors (Lipinski definition) is 4. The Bertz CT molecular complexity index is 569. The van der Waals surface area contributed by atoms with Gasteiger partial charge in [-0.2, -0.15) is 0 Å². The molecule has 2 N–H and O–H groups in total. The molecule has 2 aliphatic rings. The van der Waals surface area contributed by atoms with Gasteiger partial charge in [0.2, 0.25) is 15.9 Å². The van der Waals surface area contributed by atoms with Crippen LogP contribution < -0.4 is 10.0 Å². The van der Waals surface area contributed by atoms with Gasteiger partial charge in [0, 0.05) is 19.6 Å². The quantitative estimate of drug-likeness (QED) is 0.779. The van der Waals surface area contributed by atoms with Crippen LogP contribution >= 0.6 is 0 Å². The van der Waals surface area contributed by atoms with Crippen LogP contribution in [0.2, 0.25) is 0 Å². The van der Waals surface area contributed by atoms with Crippen LogP contribution in [0.3, 0.4) is 0 Å². The first-order chi connectivity index (χ1) is 10.6. The predicted octanol–water partition coefficient (Wildman–Crippen LogP) is 1.06. The lowest BCUT2D eigenvalue weighted by Crippen LogP contribution is -2.51. The van der Waals surface area contributed by atoms with Crippen molar-refractivity contribution in [2.75, 3.05) is 19.6 Å². The van der Waals surface area contributed by atoms with E-state index >= 15 is 0 Å². The number of amides is 3. The van der Waals surface area contributed by atoms with E-state index in [-0.39, 0.29) is 12.6 Å². The molecule has 2 rings (SSSR count). The van der Waals surface area contributed by atoms with Crippen molar-refractivity contribution in [3.8, 4) is 0 Å². The molecular weight excluding hydrogens is 318 g/mol. The molecule has 1 atom stereocenters. The van der Waals surface area contributed by atoms with Crippen LogP contribution in [0.15, 0.2) is 0 Å². The van der Waals surface area contributed by atoms with Crippen LogP contribution in [0.25, 0.3) is 0 Å². The predicted molar refractivity (Wildman–Crippen MR) is 87.2 cm³/mol. The maximum Gasteiger partial charge on any atom is 0.317 e. The van der Waals surface area contributed by atoms with Gasteiger partial charge in [0.1, 0.15) is 0 Å². The second-order valence-corrected chi connectivity index (χ2v) is 9.48. The lowest BCUT2D eigenvalue weighted by atomic mass is 9.98. The van der Waals surface area contributed by atoms with Crippen LogP contribution in [0.5, 0.6) is 0 Å². The molecule has 1 aliphatic heterocycles. The minimum atomic E-state index is -3.61. The molecule has 0 radical (unpaired) electrons. The Kier molecular flexibility index (Phi) is 5.23. The average Bonchev–Trinajstić information content (AvgIpc) is 3.24. The Morgan fingerprint density at radius 3 is 2.52 bits per heavy atom. The second kappa shape index (κ2) is 6.67. The highest BCUT2D eigenvalue weighted by molar-refractivity contribution is 7.91. The summed E-state index contributed by atoms with van der Waals surface area (Å²) in [6, 6.07) is -0.187. The maximum absolute atomic E-state index is 12.3. The molecule has 0 aromatic carbocycles. The summed E-state index contributed by atoms with van der Waals surface area (Å²) in [5.41, 5.74) is 0. The summed E-state index contributed by atoms with van der Waals surface area (Å²) in [5.74, 6) is -0.600. The minimum absolute atomic E-state index is 0.187. The second-order valence-electron chi connectivity index (χ2n) is 7.28. The first-order valence-corrected chi connectivity index (χ1v) is 9.72. The third kappa shape index (κ3) is 4.37. The van der Waals surface area contributed by atoms with E-state index < -0.39 is 26.6 Å². The molecule has 8 heteroatoms. The summed E-state index contributed by atoms with van der Waals surface area (Å²) in [6.45, 7) is 7.11. The van der Waals surface area contributed by atoms with Gasteiger partial charge >= 0.3 is 6.03 Å². The van der Waals surface area contributed by atoms with Crippen LogP contribution in [0.1, 0.15) is 46.5 Å². The lowest BCUT2D eigenvalue weighted by molar-refractivity contribution is -0.124. The molecule has 132 valence electrons. The maximum atomic E-state index is 12.3. The van der Waals surface area contributed by atoms with Crippen molar-refractivity contribution in [2.45, 2.75) is 51.2 Å². The Labute approximate surface area is 138 Å². The van der Waals surface area contributed by atoms with Gasteiger partial charge in [-0.15, -0.1) is 0 Å². The molecular formula is C15H27N3O4S. The van der Waals surface area contributed by atoms with Crippen molar-refractivity contribution >= 4 is 22.0 Å². The van der Waals surface area contributed by atoms with Crippen molar-refractivity contribution < 1.29 is 18.0 Å². The SMILES string of the molecule is CC(C)CNC(=O)N1CCCC(C(=O)NS(=O)(=O)C2(C)CC2)C1.